The summed E-state index contributed by atoms with van der Waals surface area (Å²) in [6.07, 6.45) is 0.131. The molecule has 0 bridgehead atoms. The molecule has 1 aliphatic rings. The molecule has 0 spiro atoms. The van der Waals surface area contributed by atoms with Crippen molar-refractivity contribution >= 4 is 5.97 Å². The van der Waals surface area contributed by atoms with E-state index in [2.05, 4.69) is 10.9 Å². The lowest BCUT2D eigenvalue weighted by atomic mass is 9.88. The average Bonchev–Trinajstić information content (AvgIpc) is 2.71. The summed E-state index contributed by atoms with van der Waals surface area (Å²) in [6.45, 7) is 5.92. The Labute approximate surface area is 112 Å². The third kappa shape index (κ3) is 3.05. The molecule has 0 radical (unpaired) electrons. The first-order valence-corrected chi connectivity index (χ1v) is 6.49. The van der Waals surface area contributed by atoms with E-state index >= 15 is 0 Å². The second kappa shape index (κ2) is 5.59. The number of hydrogen-bond donors (Lipinski definition) is 3. The smallest absolute Gasteiger partial charge is 0.322 e. The molecule has 1 saturated heterocycles. The second-order valence-electron chi connectivity index (χ2n) is 5.15. The van der Waals surface area contributed by atoms with E-state index in [1.165, 1.54) is 0 Å². The lowest BCUT2D eigenvalue weighted by molar-refractivity contribution is -0.139. The maximum atomic E-state index is 11.2. The predicted molar refractivity (Wildman–Crippen MR) is 72.1 cm³/mol. The van der Waals surface area contributed by atoms with Crippen LogP contribution in [0.4, 0.5) is 0 Å². The van der Waals surface area contributed by atoms with Crippen LogP contribution in [0.15, 0.2) is 24.3 Å². The normalized spacial score (nSPS) is 26.6. The fourth-order valence-corrected chi connectivity index (χ4v) is 2.43. The molecular formula is C14H20N2O3. The van der Waals surface area contributed by atoms with E-state index in [0.29, 0.717) is 0 Å². The van der Waals surface area contributed by atoms with E-state index < -0.39 is 12.0 Å². The Balaban J connectivity index is 2.18. The summed E-state index contributed by atoms with van der Waals surface area (Å²) in [5.74, 6) is -0.132. The third-order valence-corrected chi connectivity index (χ3v) is 3.27. The molecule has 1 aliphatic heterocycles. The molecule has 0 saturated carbocycles. The molecule has 3 unspecified atom stereocenters. The summed E-state index contributed by atoms with van der Waals surface area (Å²) in [4.78, 5) is 11.2. The van der Waals surface area contributed by atoms with Gasteiger partial charge < -0.3 is 9.84 Å². The van der Waals surface area contributed by atoms with E-state index in [1.807, 2.05) is 45.0 Å². The van der Waals surface area contributed by atoms with Crippen molar-refractivity contribution in [2.75, 3.05) is 0 Å². The summed E-state index contributed by atoms with van der Waals surface area (Å²) in [5, 5.41) is 9.21. The predicted octanol–water partition coefficient (Wildman–Crippen LogP) is 1.51. The Hall–Kier alpha value is -1.59. The highest BCUT2D eigenvalue weighted by atomic mass is 16.5. The molecule has 2 rings (SSSR count). The molecule has 0 amide bonds. The molecule has 1 aromatic carbocycles. The van der Waals surface area contributed by atoms with Crippen LogP contribution in [0.3, 0.4) is 0 Å². The molecule has 3 atom stereocenters. The Morgan fingerprint density at radius 3 is 2.42 bits per heavy atom. The van der Waals surface area contributed by atoms with Gasteiger partial charge in [-0.2, -0.15) is 0 Å². The van der Waals surface area contributed by atoms with E-state index in [9.17, 15) is 9.90 Å². The number of hydrazine groups is 1. The summed E-state index contributed by atoms with van der Waals surface area (Å²) < 4.78 is 5.59. The highest BCUT2D eigenvalue weighted by Crippen LogP contribution is 2.28. The molecule has 0 aliphatic carbocycles. The lowest BCUT2D eigenvalue weighted by Gasteiger charge is -2.19. The third-order valence-electron chi connectivity index (χ3n) is 3.27. The molecule has 104 valence electrons. The molecule has 19 heavy (non-hydrogen) atoms. The number of carboxylic acid groups (broad SMARTS) is 1. The second-order valence-corrected chi connectivity index (χ2v) is 5.15. The van der Waals surface area contributed by atoms with E-state index in [1.54, 1.807) is 0 Å². The van der Waals surface area contributed by atoms with E-state index in [4.69, 9.17) is 4.74 Å². The van der Waals surface area contributed by atoms with Crippen molar-refractivity contribution in [2.24, 2.45) is 0 Å². The first kappa shape index (κ1) is 13.8. The van der Waals surface area contributed by atoms with Crippen LogP contribution in [0.1, 0.15) is 32.3 Å². The number of hydrogen-bond acceptors (Lipinski definition) is 4. The molecular weight excluding hydrogens is 244 g/mol. The van der Waals surface area contributed by atoms with Crippen LogP contribution in [0.5, 0.6) is 5.75 Å². The Bertz CT molecular complexity index is 445. The topological polar surface area (TPSA) is 70.6 Å². The van der Waals surface area contributed by atoms with Gasteiger partial charge in [0, 0.05) is 12.0 Å². The summed E-state index contributed by atoms with van der Waals surface area (Å²) >= 11 is 0. The Morgan fingerprint density at radius 2 is 1.89 bits per heavy atom. The first-order chi connectivity index (χ1) is 8.99. The van der Waals surface area contributed by atoms with Crippen molar-refractivity contribution in [3.8, 4) is 5.75 Å². The Morgan fingerprint density at radius 1 is 1.26 bits per heavy atom. The van der Waals surface area contributed by atoms with Gasteiger partial charge in [0.25, 0.3) is 0 Å². The molecule has 3 N–H and O–H groups in total. The molecule has 5 nitrogen and oxygen atoms in total. The minimum absolute atomic E-state index is 0.0676. The van der Waals surface area contributed by atoms with Crippen molar-refractivity contribution in [1.29, 1.82) is 0 Å². The van der Waals surface area contributed by atoms with Crippen molar-refractivity contribution in [2.45, 2.75) is 44.9 Å². The number of carboxylic acids is 1. The van der Waals surface area contributed by atoms with Crippen LogP contribution in [-0.2, 0) is 4.79 Å². The number of carbonyl (C=O) groups is 1. The van der Waals surface area contributed by atoms with Crippen molar-refractivity contribution in [3.63, 3.8) is 0 Å². The minimum atomic E-state index is -0.843. The summed E-state index contributed by atoms with van der Waals surface area (Å²) in [7, 11) is 0. The largest absolute Gasteiger partial charge is 0.491 e. The summed E-state index contributed by atoms with van der Waals surface area (Å²) in [6, 6.07) is 7.11. The lowest BCUT2D eigenvalue weighted by Crippen LogP contribution is -2.38. The van der Waals surface area contributed by atoms with Gasteiger partial charge in [0.2, 0.25) is 0 Å². The standard InChI is InChI=1S/C14H20N2O3/c1-8(2)19-11-6-4-10(5-7-11)12-9(3)15-16-13(12)14(17)18/h4-9,12-13,15-16H,1-3H3,(H,17,18). The maximum Gasteiger partial charge on any atom is 0.322 e. The molecule has 5 heteroatoms. The first-order valence-electron chi connectivity index (χ1n) is 6.49. The summed E-state index contributed by atoms with van der Waals surface area (Å²) in [5.41, 5.74) is 6.80. The number of aliphatic carboxylic acids is 1. The van der Waals surface area contributed by atoms with Gasteiger partial charge >= 0.3 is 5.97 Å². The van der Waals surface area contributed by atoms with Gasteiger partial charge in [0.05, 0.1) is 6.10 Å². The highest BCUT2D eigenvalue weighted by Gasteiger charge is 2.38. The number of benzene rings is 1. The molecule has 1 fully saturated rings. The fourth-order valence-electron chi connectivity index (χ4n) is 2.43. The van der Waals surface area contributed by atoms with Crippen molar-refractivity contribution in [1.82, 2.24) is 10.9 Å². The van der Waals surface area contributed by atoms with Crippen LogP contribution < -0.4 is 15.6 Å². The quantitative estimate of drug-likeness (QED) is 0.769. The SMILES string of the molecule is CC(C)Oc1ccc(C2C(C)NNC2C(=O)O)cc1. The van der Waals surface area contributed by atoms with Gasteiger partial charge in [-0.3, -0.25) is 10.2 Å². The van der Waals surface area contributed by atoms with Gasteiger partial charge in [0.15, 0.2) is 0 Å². The maximum absolute atomic E-state index is 11.2. The van der Waals surface area contributed by atoms with Gasteiger partial charge in [0.1, 0.15) is 11.8 Å². The van der Waals surface area contributed by atoms with Gasteiger partial charge in [-0.25, -0.2) is 5.43 Å². The zero-order chi connectivity index (χ0) is 14.0. The van der Waals surface area contributed by atoms with Crippen LogP contribution in [-0.4, -0.2) is 29.3 Å². The zero-order valence-corrected chi connectivity index (χ0v) is 11.4. The zero-order valence-electron chi connectivity index (χ0n) is 11.4. The van der Waals surface area contributed by atoms with Gasteiger partial charge in [-0.05, 0) is 38.5 Å². The minimum Gasteiger partial charge on any atom is -0.491 e. The van der Waals surface area contributed by atoms with E-state index in [0.717, 1.165) is 11.3 Å². The Kier molecular flexibility index (Phi) is 4.07. The fraction of sp³-hybridized carbons (Fsp3) is 0.500. The van der Waals surface area contributed by atoms with E-state index in [-0.39, 0.29) is 18.1 Å². The molecule has 1 aromatic rings. The molecule has 1 heterocycles. The van der Waals surface area contributed by atoms with Crippen molar-refractivity contribution in [3.05, 3.63) is 29.8 Å². The van der Waals surface area contributed by atoms with Gasteiger partial charge in [-0.1, -0.05) is 12.1 Å². The van der Waals surface area contributed by atoms with Gasteiger partial charge in [-0.15, -0.1) is 0 Å². The highest BCUT2D eigenvalue weighted by molar-refractivity contribution is 5.75. The van der Waals surface area contributed by atoms with Crippen LogP contribution in [0.25, 0.3) is 0 Å². The number of nitrogens with one attached hydrogen (secondary N) is 2. The number of ether oxygens (including phenoxy) is 1. The van der Waals surface area contributed by atoms with Crippen LogP contribution in [0, 0.1) is 0 Å². The molecule has 0 aromatic heterocycles. The van der Waals surface area contributed by atoms with Crippen LogP contribution >= 0.6 is 0 Å². The van der Waals surface area contributed by atoms with Crippen LogP contribution in [0.2, 0.25) is 0 Å². The number of rotatable bonds is 4. The average molecular weight is 264 g/mol. The monoisotopic (exact) mass is 264 g/mol. The van der Waals surface area contributed by atoms with Crippen molar-refractivity contribution < 1.29 is 14.6 Å².